The van der Waals surface area contributed by atoms with Crippen LogP contribution in [0.1, 0.15) is 27.7 Å². The van der Waals surface area contributed by atoms with Gasteiger partial charge in [-0.25, -0.2) is 0 Å². The van der Waals surface area contributed by atoms with E-state index < -0.39 is 48.2 Å². The number of phenols is 1. The summed E-state index contributed by atoms with van der Waals surface area (Å²) in [5.41, 5.74) is 0.293. The van der Waals surface area contributed by atoms with Crippen molar-refractivity contribution in [3.05, 3.63) is 24.3 Å². The molecule has 2 N–H and O–H groups in total. The second-order valence-corrected chi connectivity index (χ2v) is 7.60. The summed E-state index contributed by atoms with van der Waals surface area (Å²) in [7, 11) is 0. The van der Waals surface area contributed by atoms with Crippen LogP contribution in [-0.2, 0) is 28.5 Å². The molecule has 1 amide bonds. The summed E-state index contributed by atoms with van der Waals surface area (Å²) in [4.78, 5) is 12.8. The number of nitrogens with one attached hydrogen (secondary N) is 1. The SMILES string of the molecule is CC1(C)O[C@H]2[C@@H](O1)[C@@H](C(=O)Nc1ccccc1O)O[C@H]1OC(C)(C)O[C@@H]12. The lowest BCUT2D eigenvalue weighted by Crippen LogP contribution is -2.58. The third kappa shape index (κ3) is 3.08. The van der Waals surface area contributed by atoms with Crippen molar-refractivity contribution in [2.24, 2.45) is 0 Å². The van der Waals surface area contributed by atoms with Crippen LogP contribution in [-0.4, -0.2) is 53.3 Å². The molecule has 3 saturated heterocycles. The molecule has 0 aromatic heterocycles. The number of hydrogen-bond donors (Lipinski definition) is 2. The van der Waals surface area contributed by atoms with Gasteiger partial charge in [-0.1, -0.05) is 12.1 Å². The standard InChI is InChI=1S/C18H23NO7/c1-17(2)23-11-12(24-17)14-16(26-18(3,4)25-14)22-13(11)15(21)19-9-7-5-6-8-10(9)20/h5-8,11-14,16,20H,1-4H3,(H,19,21)/t11-,12+,13+,14-,16+/m1/s1. The first-order valence-corrected chi connectivity index (χ1v) is 8.61. The van der Waals surface area contributed by atoms with E-state index in [0.717, 1.165) is 0 Å². The van der Waals surface area contributed by atoms with E-state index in [4.69, 9.17) is 23.7 Å². The van der Waals surface area contributed by atoms with Gasteiger partial charge in [0.15, 0.2) is 24.0 Å². The minimum Gasteiger partial charge on any atom is -0.506 e. The fraction of sp³-hybridized carbons (Fsp3) is 0.611. The van der Waals surface area contributed by atoms with E-state index in [9.17, 15) is 9.90 Å². The van der Waals surface area contributed by atoms with Crippen LogP contribution in [0.15, 0.2) is 24.3 Å². The number of amides is 1. The molecule has 8 nitrogen and oxygen atoms in total. The molecule has 8 heteroatoms. The molecule has 26 heavy (non-hydrogen) atoms. The van der Waals surface area contributed by atoms with Crippen LogP contribution in [0.5, 0.6) is 5.75 Å². The Hall–Kier alpha value is -1.71. The molecular weight excluding hydrogens is 342 g/mol. The zero-order valence-corrected chi connectivity index (χ0v) is 15.1. The Morgan fingerprint density at radius 1 is 0.962 bits per heavy atom. The zero-order chi connectivity index (χ0) is 18.7. The van der Waals surface area contributed by atoms with Crippen molar-refractivity contribution in [1.82, 2.24) is 0 Å². The Labute approximate surface area is 151 Å². The number of rotatable bonds is 2. The molecule has 4 rings (SSSR count). The molecule has 3 aliphatic rings. The normalized spacial score (nSPS) is 37.0. The third-order valence-corrected chi connectivity index (χ3v) is 4.57. The number of para-hydroxylation sites is 2. The maximum atomic E-state index is 12.8. The van der Waals surface area contributed by atoms with E-state index in [1.807, 2.05) is 0 Å². The fourth-order valence-corrected chi connectivity index (χ4v) is 3.61. The molecule has 3 heterocycles. The quantitative estimate of drug-likeness (QED) is 0.771. The van der Waals surface area contributed by atoms with Gasteiger partial charge in [-0.2, -0.15) is 0 Å². The molecule has 3 fully saturated rings. The summed E-state index contributed by atoms with van der Waals surface area (Å²) in [6, 6.07) is 6.48. The monoisotopic (exact) mass is 365 g/mol. The Morgan fingerprint density at radius 2 is 1.58 bits per heavy atom. The van der Waals surface area contributed by atoms with Gasteiger partial charge in [0.05, 0.1) is 5.69 Å². The van der Waals surface area contributed by atoms with Crippen LogP contribution >= 0.6 is 0 Å². The number of carbonyl (C=O) groups excluding carboxylic acids is 1. The molecule has 142 valence electrons. The highest BCUT2D eigenvalue weighted by Gasteiger charge is 2.62. The Bertz CT molecular complexity index is 719. The summed E-state index contributed by atoms with van der Waals surface area (Å²) in [5, 5.41) is 12.6. The lowest BCUT2D eigenvalue weighted by atomic mass is 9.98. The van der Waals surface area contributed by atoms with Crippen molar-refractivity contribution in [3.63, 3.8) is 0 Å². The predicted octanol–water partition coefficient (Wildman–Crippen LogP) is 1.73. The minimum absolute atomic E-state index is 0.0309. The summed E-state index contributed by atoms with van der Waals surface area (Å²) in [6.07, 6.45) is -3.38. The number of carbonyl (C=O) groups is 1. The van der Waals surface area contributed by atoms with Crippen molar-refractivity contribution in [1.29, 1.82) is 0 Å². The van der Waals surface area contributed by atoms with Gasteiger partial charge in [0.25, 0.3) is 5.91 Å². The second-order valence-electron chi connectivity index (χ2n) is 7.60. The number of aromatic hydroxyl groups is 1. The summed E-state index contributed by atoms with van der Waals surface area (Å²) < 4.78 is 29.5. The average molecular weight is 365 g/mol. The minimum atomic E-state index is -0.972. The van der Waals surface area contributed by atoms with Gasteiger partial charge < -0.3 is 34.1 Å². The summed E-state index contributed by atoms with van der Waals surface area (Å²) in [5.74, 6) is -2.21. The Morgan fingerprint density at radius 3 is 2.31 bits per heavy atom. The van der Waals surface area contributed by atoms with Crippen molar-refractivity contribution < 1.29 is 33.6 Å². The molecule has 1 aromatic carbocycles. The van der Waals surface area contributed by atoms with Gasteiger partial charge in [-0.05, 0) is 39.8 Å². The lowest BCUT2D eigenvalue weighted by Gasteiger charge is -2.36. The van der Waals surface area contributed by atoms with E-state index in [-0.39, 0.29) is 5.75 Å². The number of phenolic OH excluding ortho intramolecular Hbond substituents is 1. The smallest absolute Gasteiger partial charge is 0.256 e. The molecule has 0 radical (unpaired) electrons. The first-order valence-electron chi connectivity index (χ1n) is 8.61. The van der Waals surface area contributed by atoms with Gasteiger partial charge in [-0.3, -0.25) is 4.79 Å². The maximum Gasteiger partial charge on any atom is 0.256 e. The van der Waals surface area contributed by atoms with Gasteiger partial charge >= 0.3 is 0 Å². The van der Waals surface area contributed by atoms with Crippen LogP contribution in [0.3, 0.4) is 0 Å². The topological polar surface area (TPSA) is 95.5 Å². The molecule has 0 unspecified atom stereocenters. The van der Waals surface area contributed by atoms with Crippen LogP contribution in [0.4, 0.5) is 5.69 Å². The fourth-order valence-electron chi connectivity index (χ4n) is 3.61. The number of anilines is 1. The zero-order valence-electron chi connectivity index (χ0n) is 15.1. The van der Waals surface area contributed by atoms with E-state index in [1.54, 1.807) is 45.9 Å². The number of hydrogen-bond acceptors (Lipinski definition) is 7. The molecule has 0 bridgehead atoms. The van der Waals surface area contributed by atoms with E-state index >= 15 is 0 Å². The van der Waals surface area contributed by atoms with E-state index in [2.05, 4.69) is 5.32 Å². The maximum absolute atomic E-state index is 12.8. The summed E-state index contributed by atoms with van der Waals surface area (Å²) in [6.45, 7) is 7.11. The van der Waals surface area contributed by atoms with Crippen molar-refractivity contribution >= 4 is 11.6 Å². The Kier molecular flexibility index (Phi) is 4.01. The average Bonchev–Trinajstić information content (AvgIpc) is 3.02. The second kappa shape index (κ2) is 5.90. The summed E-state index contributed by atoms with van der Waals surface area (Å²) >= 11 is 0. The van der Waals surface area contributed by atoms with Crippen LogP contribution in [0.25, 0.3) is 0 Å². The van der Waals surface area contributed by atoms with Crippen LogP contribution in [0, 0.1) is 0 Å². The largest absolute Gasteiger partial charge is 0.506 e. The van der Waals surface area contributed by atoms with Gasteiger partial charge in [0.1, 0.15) is 24.1 Å². The van der Waals surface area contributed by atoms with Gasteiger partial charge in [0.2, 0.25) is 0 Å². The molecule has 1 aromatic rings. The third-order valence-electron chi connectivity index (χ3n) is 4.57. The molecule has 5 atom stereocenters. The van der Waals surface area contributed by atoms with E-state index in [1.165, 1.54) is 6.07 Å². The van der Waals surface area contributed by atoms with Gasteiger partial charge in [-0.15, -0.1) is 0 Å². The van der Waals surface area contributed by atoms with E-state index in [0.29, 0.717) is 5.69 Å². The highest BCUT2D eigenvalue weighted by Crippen LogP contribution is 2.44. The number of ether oxygens (including phenoxy) is 5. The first kappa shape index (κ1) is 17.7. The molecule has 0 spiro atoms. The number of benzene rings is 1. The van der Waals surface area contributed by atoms with Crippen LogP contribution < -0.4 is 5.32 Å². The lowest BCUT2D eigenvalue weighted by molar-refractivity contribution is -0.229. The Balaban J connectivity index is 1.59. The molecular formula is C18H23NO7. The van der Waals surface area contributed by atoms with Crippen LogP contribution in [0.2, 0.25) is 0 Å². The first-order chi connectivity index (χ1) is 12.2. The molecule has 0 saturated carbocycles. The predicted molar refractivity (Wildman–Crippen MR) is 89.3 cm³/mol. The van der Waals surface area contributed by atoms with Crippen molar-refractivity contribution in [3.8, 4) is 5.75 Å². The van der Waals surface area contributed by atoms with Gasteiger partial charge in [0, 0.05) is 0 Å². The number of fused-ring (bicyclic) bond motifs is 3. The van der Waals surface area contributed by atoms with Crippen molar-refractivity contribution in [2.75, 3.05) is 5.32 Å². The van der Waals surface area contributed by atoms with Crippen molar-refractivity contribution in [2.45, 2.75) is 70.0 Å². The molecule has 0 aliphatic carbocycles. The molecule has 3 aliphatic heterocycles. The highest BCUT2D eigenvalue weighted by molar-refractivity contribution is 5.96. The highest BCUT2D eigenvalue weighted by atomic mass is 16.9.